The summed E-state index contributed by atoms with van der Waals surface area (Å²) in [5, 5.41) is 14.2. The van der Waals surface area contributed by atoms with Gasteiger partial charge < -0.3 is 20.7 Å². The molecule has 4 heterocycles. The van der Waals surface area contributed by atoms with E-state index in [0.29, 0.717) is 35.1 Å². The average Bonchev–Trinajstić information content (AvgIpc) is 3.55. The molecule has 1 fully saturated rings. The molecule has 3 N–H and O–H groups in total. The van der Waals surface area contributed by atoms with Crippen LogP contribution in [-0.4, -0.2) is 70.0 Å². The maximum Gasteiger partial charge on any atom is 0.339 e. The Morgan fingerprint density at radius 1 is 1.11 bits per heavy atom. The quantitative estimate of drug-likeness (QED) is 0.208. The number of piperidine rings is 1. The van der Waals surface area contributed by atoms with Crippen molar-refractivity contribution in [2.45, 2.75) is 52.1 Å². The Kier molecular flexibility index (Phi) is 9.45. The number of nitrogens with one attached hydrogen (secondary N) is 1. The Bertz CT molecular complexity index is 1930. The number of halogens is 1. The molecule has 1 amide bonds. The highest BCUT2D eigenvalue weighted by Gasteiger charge is 2.34. The molecule has 1 saturated heterocycles. The van der Waals surface area contributed by atoms with E-state index in [1.54, 1.807) is 17.4 Å². The number of carbonyl (C=O) groups is 2. The summed E-state index contributed by atoms with van der Waals surface area (Å²) in [4.78, 5) is 34.4. The monoisotopic (exact) mass is 669 g/mol. The van der Waals surface area contributed by atoms with Gasteiger partial charge in [0, 0.05) is 51.4 Å². The Labute approximate surface area is 283 Å². The summed E-state index contributed by atoms with van der Waals surface area (Å²) < 4.78 is 6.97. The minimum absolute atomic E-state index is 0.0276. The van der Waals surface area contributed by atoms with E-state index in [9.17, 15) is 9.59 Å². The smallest absolute Gasteiger partial charge is 0.339 e. The van der Waals surface area contributed by atoms with Gasteiger partial charge in [0.15, 0.2) is 5.82 Å². The van der Waals surface area contributed by atoms with Crippen LogP contribution in [0.3, 0.4) is 0 Å². The minimum atomic E-state index is -0.508. The van der Waals surface area contributed by atoms with Gasteiger partial charge in [0.2, 0.25) is 5.91 Å². The highest BCUT2D eigenvalue weighted by molar-refractivity contribution is 7.15. The molecule has 0 saturated carbocycles. The molecule has 2 aliphatic rings. The number of rotatable bonds is 6. The second-order valence-electron chi connectivity index (χ2n) is 11.7. The number of carbonyl (C=O) groups excluding carboxylic acids is 2. The second kappa shape index (κ2) is 13.7. The van der Waals surface area contributed by atoms with Crippen LogP contribution in [0.1, 0.15) is 74.4 Å². The van der Waals surface area contributed by atoms with Crippen molar-refractivity contribution in [3.05, 3.63) is 91.8 Å². The number of thiophene rings is 1. The van der Waals surface area contributed by atoms with Crippen LogP contribution in [0.4, 0.5) is 5.69 Å². The number of likely N-dealkylation sites (tertiary alicyclic amines) is 1. The summed E-state index contributed by atoms with van der Waals surface area (Å²) in [5.41, 5.74) is 11.3. The van der Waals surface area contributed by atoms with Crippen LogP contribution in [-0.2, 0) is 9.53 Å². The summed E-state index contributed by atoms with van der Waals surface area (Å²) in [5.74, 6) is 6.79. The average molecular weight is 670 g/mol. The van der Waals surface area contributed by atoms with E-state index in [1.165, 1.54) is 12.0 Å². The van der Waals surface area contributed by atoms with Crippen molar-refractivity contribution in [1.29, 1.82) is 0 Å². The van der Waals surface area contributed by atoms with E-state index in [2.05, 4.69) is 45.8 Å². The van der Waals surface area contributed by atoms with E-state index in [4.69, 9.17) is 27.1 Å². The van der Waals surface area contributed by atoms with Gasteiger partial charge >= 0.3 is 5.97 Å². The summed E-state index contributed by atoms with van der Waals surface area (Å²) in [7, 11) is 1.34. The molecular formula is C35H36ClN7O3S. The zero-order valence-electron chi connectivity index (χ0n) is 26.8. The number of anilines is 1. The van der Waals surface area contributed by atoms with Crippen LogP contribution in [0.25, 0.3) is 5.00 Å². The number of benzene rings is 2. The largest absolute Gasteiger partial charge is 0.465 e. The third-order valence-corrected chi connectivity index (χ3v) is 10.1. The number of methoxy groups -OCH3 is 1. The second-order valence-corrected chi connectivity index (χ2v) is 13.3. The topological polar surface area (TPSA) is 128 Å². The molecule has 1 atom stereocenters. The predicted octanol–water partition coefficient (Wildman–Crippen LogP) is 5.39. The van der Waals surface area contributed by atoms with Gasteiger partial charge in [-0.05, 0) is 69.5 Å². The maximum atomic E-state index is 13.8. The van der Waals surface area contributed by atoms with Crippen LogP contribution in [0.5, 0.6) is 0 Å². The number of aryl methyl sites for hydroxylation is 2. The normalized spacial score (nSPS) is 15.9. The molecule has 0 spiro atoms. The van der Waals surface area contributed by atoms with E-state index < -0.39 is 12.0 Å². The number of aromatic nitrogens is 3. The predicted molar refractivity (Wildman–Crippen MR) is 185 cm³/mol. The van der Waals surface area contributed by atoms with E-state index >= 15 is 0 Å². The van der Waals surface area contributed by atoms with E-state index in [1.807, 2.05) is 48.2 Å². The van der Waals surface area contributed by atoms with Gasteiger partial charge in [-0.25, -0.2) is 4.79 Å². The summed E-state index contributed by atoms with van der Waals surface area (Å²) in [6.45, 7) is 7.56. The fourth-order valence-corrected chi connectivity index (χ4v) is 7.45. The molecule has 0 unspecified atom stereocenters. The lowest BCUT2D eigenvalue weighted by atomic mass is 9.99. The number of hydrogen-bond donors (Lipinski definition) is 2. The van der Waals surface area contributed by atoms with Gasteiger partial charge in [0.05, 0.1) is 31.4 Å². The number of fused-ring (bicyclic) bond motifs is 3. The molecule has 2 aliphatic heterocycles. The van der Waals surface area contributed by atoms with Crippen LogP contribution < -0.4 is 11.1 Å². The first-order chi connectivity index (χ1) is 22.7. The highest BCUT2D eigenvalue weighted by atomic mass is 35.5. The van der Waals surface area contributed by atoms with Crippen molar-refractivity contribution in [2.75, 3.05) is 32.1 Å². The van der Waals surface area contributed by atoms with Crippen molar-refractivity contribution in [3.63, 3.8) is 0 Å². The Morgan fingerprint density at radius 2 is 1.85 bits per heavy atom. The van der Waals surface area contributed by atoms with Crippen molar-refractivity contribution in [2.24, 2.45) is 10.7 Å². The minimum Gasteiger partial charge on any atom is -0.465 e. The fourth-order valence-electron chi connectivity index (χ4n) is 6.11. The first-order valence-electron chi connectivity index (χ1n) is 15.5. The standard InChI is InChI=1S/C35H36ClN7O3S/c1-20-21(2)47-34-31(20)32(23-7-9-25(36)10-8-23)39-29(33-41-40-22(3)43(33)34)19-30(44)42-16-13-26(14-17-42)38-27-11-12-28(35(45)46-4)24(18-27)6-5-15-37/h7-12,18,26,29,38H,13-17,19,37H2,1-4H3/t29-/m0/s1. The zero-order valence-corrected chi connectivity index (χ0v) is 28.3. The first kappa shape index (κ1) is 32.4. The fraction of sp³-hybridized carbons (Fsp3) is 0.343. The number of ether oxygens (including phenoxy) is 1. The van der Waals surface area contributed by atoms with Crippen LogP contribution in [0.15, 0.2) is 47.5 Å². The summed E-state index contributed by atoms with van der Waals surface area (Å²) in [6, 6.07) is 12.7. The van der Waals surface area contributed by atoms with Crippen LogP contribution >= 0.6 is 22.9 Å². The molecule has 0 radical (unpaired) electrons. The lowest BCUT2D eigenvalue weighted by molar-refractivity contribution is -0.132. The summed E-state index contributed by atoms with van der Waals surface area (Å²) in [6.07, 6.45) is 1.71. The van der Waals surface area contributed by atoms with Crippen molar-refractivity contribution in [1.82, 2.24) is 19.7 Å². The number of nitrogens with two attached hydrogens (primary N) is 1. The lowest BCUT2D eigenvalue weighted by Gasteiger charge is -2.33. The van der Waals surface area contributed by atoms with Gasteiger partial charge in [0.1, 0.15) is 16.9 Å². The third-order valence-electron chi connectivity index (χ3n) is 8.69. The Hall–Kier alpha value is -4.50. The molecule has 12 heteroatoms. The number of esters is 1. The van der Waals surface area contributed by atoms with Crippen LogP contribution in [0, 0.1) is 32.6 Å². The Balaban J connectivity index is 1.20. The van der Waals surface area contributed by atoms with Gasteiger partial charge in [-0.1, -0.05) is 35.6 Å². The molecular weight excluding hydrogens is 634 g/mol. The molecule has 4 aromatic rings. The molecule has 6 rings (SSSR count). The molecule has 2 aromatic carbocycles. The molecule has 0 aliphatic carbocycles. The van der Waals surface area contributed by atoms with Gasteiger partial charge in [-0.3, -0.25) is 14.4 Å². The lowest BCUT2D eigenvalue weighted by Crippen LogP contribution is -2.42. The first-order valence-corrected chi connectivity index (χ1v) is 16.7. The SMILES string of the molecule is COC(=O)c1ccc(NC2CCN(C(=O)C[C@@H]3N=C(c4ccc(Cl)cc4)c4c(sc(C)c4C)-n4c(C)nnc43)CC2)cc1C#CCN. The maximum absolute atomic E-state index is 13.8. The van der Waals surface area contributed by atoms with E-state index in [-0.39, 0.29) is 24.9 Å². The third kappa shape index (κ3) is 6.54. The summed E-state index contributed by atoms with van der Waals surface area (Å²) >= 11 is 7.93. The van der Waals surface area contributed by atoms with Crippen molar-refractivity contribution >= 4 is 46.2 Å². The number of nitrogens with zero attached hydrogens (tertiary/aromatic N) is 5. The van der Waals surface area contributed by atoms with Gasteiger partial charge in [-0.2, -0.15) is 0 Å². The molecule has 47 heavy (non-hydrogen) atoms. The van der Waals surface area contributed by atoms with Crippen LogP contribution in [0.2, 0.25) is 5.02 Å². The number of hydrogen-bond acceptors (Lipinski definition) is 9. The zero-order chi connectivity index (χ0) is 33.2. The van der Waals surface area contributed by atoms with E-state index in [0.717, 1.165) is 51.8 Å². The van der Waals surface area contributed by atoms with Gasteiger partial charge in [0.25, 0.3) is 0 Å². The number of aliphatic imine (C=N–C) groups is 1. The molecule has 10 nitrogen and oxygen atoms in total. The molecule has 2 aromatic heterocycles. The van der Waals surface area contributed by atoms with Crippen molar-refractivity contribution < 1.29 is 14.3 Å². The van der Waals surface area contributed by atoms with Crippen molar-refractivity contribution in [3.8, 4) is 16.8 Å². The van der Waals surface area contributed by atoms with Gasteiger partial charge in [-0.15, -0.1) is 21.5 Å². The molecule has 0 bridgehead atoms. The highest BCUT2D eigenvalue weighted by Crippen LogP contribution is 2.40. The Morgan fingerprint density at radius 3 is 2.55 bits per heavy atom. The number of amides is 1. The molecule has 242 valence electrons.